The molecule has 2 aromatic rings. The van der Waals surface area contributed by atoms with Crippen LogP contribution in [0.15, 0.2) is 24.4 Å². The highest BCUT2D eigenvalue weighted by atomic mass is 32.1. The van der Waals surface area contributed by atoms with Crippen LogP contribution < -0.4 is 10.3 Å². The lowest BCUT2D eigenvalue weighted by Crippen LogP contribution is -2.30. The second-order valence-corrected chi connectivity index (χ2v) is 4.01. The van der Waals surface area contributed by atoms with Gasteiger partial charge in [0.1, 0.15) is 17.6 Å². The van der Waals surface area contributed by atoms with Gasteiger partial charge in [0.2, 0.25) is 5.69 Å². The zero-order valence-electron chi connectivity index (χ0n) is 8.19. The molecule has 2 N–H and O–H groups in total. The first-order valence-electron chi connectivity index (χ1n) is 4.37. The van der Waals surface area contributed by atoms with Gasteiger partial charge < -0.3 is 5.73 Å². The van der Waals surface area contributed by atoms with Crippen molar-refractivity contribution in [3.05, 3.63) is 30.1 Å². The maximum Gasteiger partial charge on any atom is 0.217 e. The van der Waals surface area contributed by atoms with Gasteiger partial charge in [0, 0.05) is 12.1 Å². The van der Waals surface area contributed by atoms with Gasteiger partial charge in [-0.25, -0.2) is 4.57 Å². The Bertz CT molecular complexity index is 443. The molecule has 3 nitrogen and oxygen atoms in total. The van der Waals surface area contributed by atoms with E-state index in [4.69, 9.17) is 5.73 Å². The second-order valence-electron chi connectivity index (χ2n) is 3.20. The molecule has 0 unspecified atom stereocenters. The summed E-state index contributed by atoms with van der Waals surface area (Å²) in [4.78, 5) is 0. The van der Waals surface area contributed by atoms with E-state index >= 15 is 0 Å². The third-order valence-corrected chi connectivity index (χ3v) is 2.97. The van der Waals surface area contributed by atoms with E-state index in [0.717, 1.165) is 22.0 Å². The highest BCUT2D eigenvalue weighted by Gasteiger charge is 2.17. The van der Waals surface area contributed by atoms with Crippen molar-refractivity contribution in [1.82, 2.24) is 4.37 Å². The summed E-state index contributed by atoms with van der Waals surface area (Å²) in [6.45, 7) is 1.98. The summed E-state index contributed by atoms with van der Waals surface area (Å²) < 4.78 is 6.29. The molecule has 2 rings (SSSR count). The van der Waals surface area contributed by atoms with Gasteiger partial charge in [0.25, 0.3) is 0 Å². The molecule has 0 amide bonds. The van der Waals surface area contributed by atoms with Crippen LogP contribution in [-0.4, -0.2) is 4.37 Å². The molecule has 4 heteroatoms. The Morgan fingerprint density at radius 1 is 1.43 bits per heavy atom. The Kier molecular flexibility index (Phi) is 2.21. The number of hydrogen-bond acceptors (Lipinski definition) is 3. The number of pyridine rings is 1. The number of aryl methyl sites for hydroxylation is 2. The Hall–Kier alpha value is -1.42. The number of nitrogen functional groups attached to an aromatic ring is 1. The van der Waals surface area contributed by atoms with Gasteiger partial charge >= 0.3 is 0 Å². The zero-order valence-corrected chi connectivity index (χ0v) is 9.01. The van der Waals surface area contributed by atoms with Gasteiger partial charge in [-0.2, -0.15) is 4.37 Å². The third-order valence-electron chi connectivity index (χ3n) is 2.20. The first-order valence-corrected chi connectivity index (χ1v) is 5.14. The van der Waals surface area contributed by atoms with Gasteiger partial charge in [0.15, 0.2) is 6.20 Å². The van der Waals surface area contributed by atoms with Crippen LogP contribution in [0.1, 0.15) is 5.69 Å². The molecular formula is C10H12N3S+. The summed E-state index contributed by atoms with van der Waals surface area (Å²) in [5.74, 6) is 0. The fourth-order valence-electron chi connectivity index (χ4n) is 1.48. The van der Waals surface area contributed by atoms with Gasteiger partial charge in [-0.1, -0.05) is 0 Å². The largest absolute Gasteiger partial charge is 0.389 e. The topological polar surface area (TPSA) is 42.8 Å². The molecule has 2 heterocycles. The minimum atomic E-state index is 0.782. The molecule has 0 aromatic carbocycles. The Balaban J connectivity index is 2.66. The lowest BCUT2D eigenvalue weighted by molar-refractivity contribution is -0.660. The molecule has 0 fully saturated rings. The summed E-state index contributed by atoms with van der Waals surface area (Å²) >= 11 is 1.35. The number of aromatic nitrogens is 2. The summed E-state index contributed by atoms with van der Waals surface area (Å²) in [6, 6.07) is 6.05. The van der Waals surface area contributed by atoms with Crippen LogP contribution >= 0.6 is 11.5 Å². The van der Waals surface area contributed by atoms with Gasteiger partial charge in [-0.05, 0) is 24.5 Å². The quantitative estimate of drug-likeness (QED) is 0.719. The normalized spacial score (nSPS) is 10.4. The van der Waals surface area contributed by atoms with Crippen LogP contribution in [0, 0.1) is 6.92 Å². The zero-order chi connectivity index (χ0) is 10.1. The highest BCUT2D eigenvalue weighted by molar-refractivity contribution is 7.10. The molecular weight excluding hydrogens is 194 g/mol. The molecule has 2 aromatic heterocycles. The Morgan fingerprint density at radius 2 is 2.21 bits per heavy atom. The van der Waals surface area contributed by atoms with E-state index in [0.29, 0.717) is 0 Å². The van der Waals surface area contributed by atoms with Crippen molar-refractivity contribution in [3.63, 3.8) is 0 Å². The van der Waals surface area contributed by atoms with Crippen LogP contribution in [0.25, 0.3) is 11.3 Å². The maximum atomic E-state index is 5.88. The van der Waals surface area contributed by atoms with Crippen LogP contribution in [0.4, 0.5) is 5.00 Å². The number of nitrogens with zero attached hydrogens (tertiary/aromatic N) is 2. The van der Waals surface area contributed by atoms with E-state index in [-0.39, 0.29) is 0 Å². The molecule has 0 bridgehead atoms. The standard InChI is InChI=1S/C10H11N3S/c1-7-9(10(11)14-12-7)8-5-3-4-6-13(8)2/h3-6,11H,1-2H3/p+1. The molecule has 14 heavy (non-hydrogen) atoms. The number of anilines is 1. The van der Waals surface area contributed by atoms with Crippen molar-refractivity contribution in [1.29, 1.82) is 0 Å². The Morgan fingerprint density at radius 3 is 2.79 bits per heavy atom. The first-order chi connectivity index (χ1) is 6.70. The summed E-state index contributed by atoms with van der Waals surface area (Å²) in [5.41, 5.74) is 9.04. The SMILES string of the molecule is Cc1nsc(N)c1-c1cccc[n+]1C. The average molecular weight is 206 g/mol. The predicted molar refractivity (Wildman–Crippen MR) is 57.9 cm³/mol. The molecule has 72 valence electrons. The van der Waals surface area contributed by atoms with Crippen LogP contribution in [0.3, 0.4) is 0 Å². The minimum Gasteiger partial charge on any atom is -0.389 e. The Labute approximate surface area is 87.0 Å². The van der Waals surface area contributed by atoms with Crippen molar-refractivity contribution >= 4 is 16.5 Å². The summed E-state index contributed by atoms with van der Waals surface area (Å²) in [7, 11) is 2.01. The van der Waals surface area contributed by atoms with E-state index < -0.39 is 0 Å². The maximum absolute atomic E-state index is 5.88. The lowest BCUT2D eigenvalue weighted by atomic mass is 10.1. The van der Waals surface area contributed by atoms with Crippen LogP contribution in [0.5, 0.6) is 0 Å². The van der Waals surface area contributed by atoms with E-state index in [1.165, 1.54) is 11.5 Å². The summed E-state index contributed by atoms with van der Waals surface area (Å²) in [6.07, 6.45) is 2.01. The van der Waals surface area contributed by atoms with Crippen molar-refractivity contribution in [2.24, 2.45) is 7.05 Å². The van der Waals surface area contributed by atoms with Crippen molar-refractivity contribution < 1.29 is 4.57 Å². The first kappa shape index (κ1) is 9.15. The van der Waals surface area contributed by atoms with Gasteiger partial charge in [0.05, 0.1) is 5.69 Å². The predicted octanol–water partition coefficient (Wildman–Crippen LogP) is 1.53. The van der Waals surface area contributed by atoms with Gasteiger partial charge in [-0.15, -0.1) is 0 Å². The van der Waals surface area contributed by atoms with Crippen molar-refractivity contribution in [3.8, 4) is 11.3 Å². The van der Waals surface area contributed by atoms with E-state index in [9.17, 15) is 0 Å². The summed E-state index contributed by atoms with van der Waals surface area (Å²) in [5, 5.41) is 0.782. The third kappa shape index (κ3) is 1.37. The minimum absolute atomic E-state index is 0.782. The molecule has 0 spiro atoms. The second kappa shape index (κ2) is 3.38. The fraction of sp³-hybridized carbons (Fsp3) is 0.200. The highest BCUT2D eigenvalue weighted by Crippen LogP contribution is 2.29. The number of rotatable bonds is 1. The number of nitrogens with two attached hydrogens (primary N) is 1. The number of hydrogen-bond donors (Lipinski definition) is 1. The average Bonchev–Trinajstić information content (AvgIpc) is 2.48. The molecule has 0 aliphatic heterocycles. The molecule has 0 atom stereocenters. The molecule has 0 aliphatic carbocycles. The van der Waals surface area contributed by atoms with E-state index in [1.54, 1.807) is 0 Å². The molecule has 0 saturated heterocycles. The fourth-order valence-corrected chi connectivity index (χ4v) is 2.15. The van der Waals surface area contributed by atoms with Crippen molar-refractivity contribution in [2.45, 2.75) is 6.92 Å². The van der Waals surface area contributed by atoms with Crippen LogP contribution in [-0.2, 0) is 7.05 Å². The smallest absolute Gasteiger partial charge is 0.217 e. The molecule has 0 saturated carbocycles. The van der Waals surface area contributed by atoms with Gasteiger partial charge in [-0.3, -0.25) is 0 Å². The van der Waals surface area contributed by atoms with Crippen LogP contribution in [0.2, 0.25) is 0 Å². The van der Waals surface area contributed by atoms with Crippen molar-refractivity contribution in [2.75, 3.05) is 5.73 Å². The van der Waals surface area contributed by atoms with E-state index in [1.807, 2.05) is 42.9 Å². The monoisotopic (exact) mass is 206 g/mol. The molecule has 0 aliphatic rings. The lowest BCUT2D eigenvalue weighted by Gasteiger charge is -1.98. The molecule has 0 radical (unpaired) electrons. The van der Waals surface area contributed by atoms with E-state index in [2.05, 4.69) is 4.37 Å².